The van der Waals surface area contributed by atoms with E-state index >= 15 is 0 Å². The largest absolute Gasteiger partial charge is 0.370 e. The molecule has 26 heavy (non-hydrogen) atoms. The molecular formula is C17H22FN5O2S. The lowest BCUT2D eigenvalue weighted by molar-refractivity contribution is -0.121. The summed E-state index contributed by atoms with van der Waals surface area (Å²) in [6.07, 6.45) is 0.601. The monoisotopic (exact) mass is 379 g/mol. The molecule has 2 rings (SSSR count). The molecule has 0 aliphatic heterocycles. The third kappa shape index (κ3) is 5.29. The summed E-state index contributed by atoms with van der Waals surface area (Å²) in [5.41, 5.74) is 5.97. The molecule has 0 radical (unpaired) electrons. The average molecular weight is 379 g/mol. The average Bonchev–Trinajstić information content (AvgIpc) is 2.93. The molecule has 9 heteroatoms. The maximum Gasteiger partial charge on any atom is 0.233 e. The normalized spacial score (nSPS) is 13.2. The Labute approximate surface area is 155 Å². The van der Waals surface area contributed by atoms with Crippen molar-refractivity contribution < 1.29 is 14.0 Å². The van der Waals surface area contributed by atoms with Crippen molar-refractivity contribution in [2.75, 3.05) is 0 Å². The van der Waals surface area contributed by atoms with E-state index in [9.17, 15) is 14.0 Å². The molecule has 1 aromatic carbocycles. The summed E-state index contributed by atoms with van der Waals surface area (Å²) in [7, 11) is 1.78. The van der Waals surface area contributed by atoms with Gasteiger partial charge in [0, 0.05) is 19.9 Å². The van der Waals surface area contributed by atoms with Gasteiger partial charge in [0.15, 0.2) is 5.16 Å². The summed E-state index contributed by atoms with van der Waals surface area (Å²) in [5, 5.41) is 11.2. The van der Waals surface area contributed by atoms with Gasteiger partial charge in [-0.05, 0) is 31.5 Å². The number of amides is 2. The maximum atomic E-state index is 13.0. The van der Waals surface area contributed by atoms with Gasteiger partial charge in [-0.25, -0.2) is 4.39 Å². The van der Waals surface area contributed by atoms with E-state index in [0.717, 1.165) is 5.56 Å². The Bertz CT molecular complexity index is 778. The van der Waals surface area contributed by atoms with Gasteiger partial charge >= 0.3 is 0 Å². The Morgan fingerprint density at radius 2 is 1.92 bits per heavy atom. The zero-order valence-electron chi connectivity index (χ0n) is 14.9. The molecular weight excluding hydrogens is 357 g/mol. The number of rotatable bonds is 8. The zero-order chi connectivity index (χ0) is 19.3. The molecule has 0 aliphatic carbocycles. The van der Waals surface area contributed by atoms with Crippen molar-refractivity contribution in [3.63, 3.8) is 0 Å². The van der Waals surface area contributed by atoms with Gasteiger partial charge in [-0.3, -0.25) is 9.59 Å². The van der Waals surface area contributed by atoms with Crippen LogP contribution >= 0.6 is 11.8 Å². The molecule has 0 bridgehead atoms. The van der Waals surface area contributed by atoms with Crippen LogP contribution in [0.5, 0.6) is 0 Å². The minimum atomic E-state index is -0.398. The highest BCUT2D eigenvalue weighted by molar-refractivity contribution is 8.00. The SMILES string of the molecule is C[C@@H](Sc1nnc(CCC(N)=O)n1C)C(=O)N[C@H](C)c1ccc(F)cc1. The zero-order valence-corrected chi connectivity index (χ0v) is 15.7. The topological polar surface area (TPSA) is 103 Å². The molecule has 0 fully saturated rings. The summed E-state index contributed by atoms with van der Waals surface area (Å²) in [4.78, 5) is 23.3. The number of nitrogens with one attached hydrogen (secondary N) is 1. The second-order valence-electron chi connectivity index (χ2n) is 5.97. The lowest BCUT2D eigenvalue weighted by Gasteiger charge is -2.17. The fourth-order valence-corrected chi connectivity index (χ4v) is 3.12. The number of hydrogen-bond acceptors (Lipinski definition) is 5. The van der Waals surface area contributed by atoms with Gasteiger partial charge in [0.05, 0.1) is 11.3 Å². The number of nitrogens with zero attached hydrogens (tertiary/aromatic N) is 3. The van der Waals surface area contributed by atoms with Gasteiger partial charge in [-0.15, -0.1) is 10.2 Å². The van der Waals surface area contributed by atoms with Gasteiger partial charge in [0.1, 0.15) is 11.6 Å². The summed E-state index contributed by atoms with van der Waals surface area (Å²) >= 11 is 1.27. The number of nitrogens with two attached hydrogens (primary N) is 1. The van der Waals surface area contributed by atoms with Gasteiger partial charge in [-0.1, -0.05) is 23.9 Å². The van der Waals surface area contributed by atoms with Crippen LogP contribution in [0.4, 0.5) is 4.39 Å². The molecule has 7 nitrogen and oxygen atoms in total. The first-order valence-corrected chi connectivity index (χ1v) is 9.05. The number of carbonyl (C=O) groups is 2. The molecule has 2 amide bonds. The molecule has 1 heterocycles. The van der Waals surface area contributed by atoms with Crippen LogP contribution in [0.15, 0.2) is 29.4 Å². The van der Waals surface area contributed by atoms with E-state index in [1.54, 1.807) is 30.7 Å². The molecule has 0 spiro atoms. The third-order valence-electron chi connectivity index (χ3n) is 3.90. The highest BCUT2D eigenvalue weighted by Gasteiger charge is 2.20. The van der Waals surface area contributed by atoms with Gasteiger partial charge in [0.25, 0.3) is 0 Å². The van der Waals surface area contributed by atoms with Crippen LogP contribution in [0, 0.1) is 5.82 Å². The second-order valence-corrected chi connectivity index (χ2v) is 7.27. The van der Waals surface area contributed by atoms with E-state index in [4.69, 9.17) is 5.73 Å². The van der Waals surface area contributed by atoms with Crippen LogP contribution in [0.1, 0.15) is 37.7 Å². The molecule has 2 atom stereocenters. The summed E-state index contributed by atoms with van der Waals surface area (Å²) in [6.45, 7) is 3.61. The van der Waals surface area contributed by atoms with Gasteiger partial charge in [-0.2, -0.15) is 0 Å². The Balaban J connectivity index is 1.94. The summed E-state index contributed by atoms with van der Waals surface area (Å²) < 4.78 is 14.7. The standard InChI is InChI=1S/C17H22FN5O2S/c1-10(12-4-6-13(18)7-5-12)20-16(25)11(2)26-17-22-21-15(23(17)3)9-8-14(19)24/h4-7,10-11H,8-9H2,1-3H3,(H2,19,24)(H,20,25)/t10-,11-/m1/s1. The fourth-order valence-electron chi connectivity index (χ4n) is 2.28. The first-order valence-electron chi connectivity index (χ1n) is 8.17. The van der Waals surface area contributed by atoms with Crippen LogP contribution < -0.4 is 11.1 Å². The number of hydrogen-bond donors (Lipinski definition) is 2. The van der Waals surface area contributed by atoms with Crippen molar-refractivity contribution >= 4 is 23.6 Å². The Morgan fingerprint density at radius 3 is 2.54 bits per heavy atom. The number of halogens is 1. The number of carbonyl (C=O) groups excluding carboxylic acids is 2. The van der Waals surface area contributed by atoms with E-state index in [-0.39, 0.29) is 24.2 Å². The van der Waals surface area contributed by atoms with Gasteiger partial charge in [0.2, 0.25) is 11.8 Å². The number of aromatic nitrogens is 3. The van der Waals surface area contributed by atoms with Gasteiger partial charge < -0.3 is 15.6 Å². The van der Waals surface area contributed by atoms with Crippen LogP contribution in [0.25, 0.3) is 0 Å². The number of thioether (sulfide) groups is 1. The minimum absolute atomic E-state index is 0.159. The van der Waals surface area contributed by atoms with E-state index in [2.05, 4.69) is 15.5 Å². The number of aryl methyl sites for hydroxylation is 1. The first kappa shape index (κ1) is 19.9. The molecule has 140 valence electrons. The Morgan fingerprint density at radius 1 is 1.27 bits per heavy atom. The van der Waals surface area contributed by atoms with Crippen molar-refractivity contribution in [1.82, 2.24) is 20.1 Å². The quantitative estimate of drug-likeness (QED) is 0.680. The highest BCUT2D eigenvalue weighted by atomic mass is 32.2. The maximum absolute atomic E-state index is 13.0. The minimum Gasteiger partial charge on any atom is -0.370 e. The van der Waals surface area contributed by atoms with Crippen LogP contribution in [-0.4, -0.2) is 31.8 Å². The smallest absolute Gasteiger partial charge is 0.233 e. The molecule has 0 unspecified atom stereocenters. The highest BCUT2D eigenvalue weighted by Crippen LogP contribution is 2.23. The van der Waals surface area contributed by atoms with Crippen LogP contribution in [0.3, 0.4) is 0 Å². The van der Waals surface area contributed by atoms with Crippen molar-refractivity contribution in [2.24, 2.45) is 12.8 Å². The van der Waals surface area contributed by atoms with Crippen molar-refractivity contribution in [2.45, 2.75) is 43.1 Å². The molecule has 2 aromatic rings. The second kappa shape index (κ2) is 8.79. The number of primary amides is 1. The summed E-state index contributed by atoms with van der Waals surface area (Å²) in [5.74, 6) is -0.234. The van der Waals surface area contributed by atoms with E-state index < -0.39 is 11.2 Å². The molecule has 0 saturated carbocycles. The van der Waals surface area contributed by atoms with Crippen molar-refractivity contribution in [1.29, 1.82) is 0 Å². The summed E-state index contributed by atoms with van der Waals surface area (Å²) in [6, 6.07) is 5.78. The molecule has 1 aromatic heterocycles. The lowest BCUT2D eigenvalue weighted by atomic mass is 10.1. The molecule has 0 saturated heterocycles. The lowest BCUT2D eigenvalue weighted by Crippen LogP contribution is -2.33. The Kier molecular flexibility index (Phi) is 6.73. The predicted octanol–water partition coefficient (Wildman–Crippen LogP) is 1.73. The molecule has 0 aliphatic rings. The first-order chi connectivity index (χ1) is 12.3. The number of benzene rings is 1. The van der Waals surface area contributed by atoms with E-state index in [1.165, 1.54) is 23.9 Å². The van der Waals surface area contributed by atoms with Crippen molar-refractivity contribution in [3.05, 3.63) is 41.5 Å². The predicted molar refractivity (Wildman–Crippen MR) is 96.8 cm³/mol. The third-order valence-corrected chi connectivity index (χ3v) is 5.03. The Hall–Kier alpha value is -2.42. The molecule has 3 N–H and O–H groups in total. The van der Waals surface area contributed by atoms with Crippen LogP contribution in [-0.2, 0) is 23.1 Å². The van der Waals surface area contributed by atoms with Crippen molar-refractivity contribution in [3.8, 4) is 0 Å². The van der Waals surface area contributed by atoms with E-state index in [0.29, 0.717) is 17.4 Å². The van der Waals surface area contributed by atoms with E-state index in [1.807, 2.05) is 6.92 Å². The fraction of sp³-hybridized carbons (Fsp3) is 0.412. The van der Waals surface area contributed by atoms with Crippen LogP contribution in [0.2, 0.25) is 0 Å².